The average Bonchev–Trinajstić information content (AvgIpc) is 2.75. The maximum atomic E-state index is 12.2. The van der Waals surface area contributed by atoms with Crippen molar-refractivity contribution in [2.24, 2.45) is 0 Å². The summed E-state index contributed by atoms with van der Waals surface area (Å²) >= 11 is 0. The Hall–Kier alpha value is -0.570. The number of carbonyl (C=O) groups is 1. The van der Waals surface area contributed by atoms with Crippen LogP contribution in [0.15, 0.2) is 0 Å². The van der Waals surface area contributed by atoms with E-state index in [1.54, 1.807) is 0 Å². The minimum Gasteiger partial charge on any atom is -0.461 e. The zero-order chi connectivity index (χ0) is 22.3. The van der Waals surface area contributed by atoms with E-state index in [2.05, 4.69) is 19.2 Å². The molecule has 0 aromatic heterocycles. The molecule has 0 heterocycles. The predicted molar refractivity (Wildman–Crippen MR) is 132 cm³/mol. The Balaban J connectivity index is 3.93. The van der Waals surface area contributed by atoms with Gasteiger partial charge in [-0.3, -0.25) is 4.79 Å². The molecule has 0 amide bonds. The fourth-order valence-corrected chi connectivity index (χ4v) is 4.01. The second-order valence-corrected chi connectivity index (χ2v) is 9.30. The SMILES string of the molecule is CCCCCCCCCCCC(CCCCCCCCCCC)OC(=O)[C@H](C)NC. The minimum absolute atomic E-state index is 0.0886. The van der Waals surface area contributed by atoms with E-state index in [-0.39, 0.29) is 18.1 Å². The van der Waals surface area contributed by atoms with Crippen molar-refractivity contribution in [1.82, 2.24) is 5.32 Å². The van der Waals surface area contributed by atoms with Crippen LogP contribution in [0, 0.1) is 0 Å². The molecule has 0 rings (SSSR count). The van der Waals surface area contributed by atoms with Gasteiger partial charge in [0, 0.05) is 0 Å². The summed E-state index contributed by atoms with van der Waals surface area (Å²) in [6, 6.07) is -0.209. The highest BCUT2D eigenvalue weighted by atomic mass is 16.5. The van der Waals surface area contributed by atoms with Crippen molar-refractivity contribution < 1.29 is 9.53 Å². The number of rotatable bonds is 23. The molecular formula is C27H55NO2. The molecule has 30 heavy (non-hydrogen) atoms. The van der Waals surface area contributed by atoms with Gasteiger partial charge in [-0.2, -0.15) is 0 Å². The van der Waals surface area contributed by atoms with Crippen LogP contribution in [-0.4, -0.2) is 25.2 Å². The molecule has 0 aliphatic rings. The van der Waals surface area contributed by atoms with Gasteiger partial charge in [0.25, 0.3) is 0 Å². The number of hydrogen-bond acceptors (Lipinski definition) is 3. The molecule has 180 valence electrons. The van der Waals surface area contributed by atoms with E-state index in [1.807, 2.05) is 14.0 Å². The van der Waals surface area contributed by atoms with E-state index >= 15 is 0 Å². The van der Waals surface area contributed by atoms with Crippen molar-refractivity contribution in [3.8, 4) is 0 Å². The van der Waals surface area contributed by atoms with Crippen LogP contribution in [0.5, 0.6) is 0 Å². The van der Waals surface area contributed by atoms with Gasteiger partial charge >= 0.3 is 5.97 Å². The summed E-state index contributed by atoms with van der Waals surface area (Å²) in [7, 11) is 1.82. The van der Waals surface area contributed by atoms with Crippen molar-refractivity contribution in [1.29, 1.82) is 0 Å². The molecule has 3 heteroatoms. The van der Waals surface area contributed by atoms with Crippen LogP contribution in [0.25, 0.3) is 0 Å². The smallest absolute Gasteiger partial charge is 0.323 e. The normalized spacial score (nSPS) is 12.4. The monoisotopic (exact) mass is 425 g/mol. The molecule has 0 unspecified atom stereocenters. The maximum absolute atomic E-state index is 12.2. The van der Waals surface area contributed by atoms with Gasteiger partial charge in [-0.1, -0.05) is 117 Å². The average molecular weight is 426 g/mol. The second kappa shape index (κ2) is 23.1. The first-order chi connectivity index (χ1) is 14.7. The van der Waals surface area contributed by atoms with Crippen molar-refractivity contribution in [2.45, 2.75) is 161 Å². The predicted octanol–water partition coefficient (Wildman–Crippen LogP) is 8.35. The van der Waals surface area contributed by atoms with Gasteiger partial charge in [-0.05, 0) is 39.7 Å². The lowest BCUT2D eigenvalue weighted by molar-refractivity contribution is -0.151. The lowest BCUT2D eigenvalue weighted by Gasteiger charge is -2.20. The molecule has 0 bridgehead atoms. The Labute approximate surface area is 189 Å². The van der Waals surface area contributed by atoms with Gasteiger partial charge < -0.3 is 10.1 Å². The third kappa shape index (κ3) is 19.4. The van der Waals surface area contributed by atoms with Crippen molar-refractivity contribution in [3.05, 3.63) is 0 Å². The first-order valence-corrected chi connectivity index (χ1v) is 13.5. The van der Waals surface area contributed by atoms with E-state index in [9.17, 15) is 4.79 Å². The molecule has 1 N–H and O–H groups in total. The number of ether oxygens (including phenoxy) is 1. The molecule has 0 aromatic carbocycles. The van der Waals surface area contributed by atoms with Gasteiger partial charge in [-0.15, -0.1) is 0 Å². The van der Waals surface area contributed by atoms with Crippen molar-refractivity contribution >= 4 is 5.97 Å². The summed E-state index contributed by atoms with van der Waals surface area (Å²) < 4.78 is 5.85. The Kier molecular flexibility index (Phi) is 22.7. The maximum Gasteiger partial charge on any atom is 0.323 e. The lowest BCUT2D eigenvalue weighted by Crippen LogP contribution is -2.35. The van der Waals surface area contributed by atoms with Crippen LogP contribution in [-0.2, 0) is 9.53 Å². The first-order valence-electron chi connectivity index (χ1n) is 13.5. The van der Waals surface area contributed by atoms with Gasteiger partial charge in [0.1, 0.15) is 12.1 Å². The van der Waals surface area contributed by atoms with E-state index in [0.717, 1.165) is 12.8 Å². The van der Waals surface area contributed by atoms with Gasteiger partial charge in [-0.25, -0.2) is 0 Å². The molecule has 0 radical (unpaired) electrons. The Morgan fingerprint density at radius 3 is 1.30 bits per heavy atom. The summed E-state index contributed by atoms with van der Waals surface area (Å²) in [5, 5.41) is 3.01. The largest absolute Gasteiger partial charge is 0.461 e. The number of esters is 1. The highest BCUT2D eigenvalue weighted by Crippen LogP contribution is 2.18. The molecule has 0 spiro atoms. The zero-order valence-electron chi connectivity index (χ0n) is 21.1. The topological polar surface area (TPSA) is 38.3 Å². The second-order valence-electron chi connectivity index (χ2n) is 9.30. The minimum atomic E-state index is -0.209. The summed E-state index contributed by atoms with van der Waals surface area (Å²) in [5.41, 5.74) is 0. The van der Waals surface area contributed by atoms with E-state index in [1.165, 1.54) is 116 Å². The molecule has 0 fully saturated rings. The van der Waals surface area contributed by atoms with Crippen LogP contribution in [0.3, 0.4) is 0 Å². The van der Waals surface area contributed by atoms with Gasteiger partial charge in [0.05, 0.1) is 0 Å². The third-order valence-electron chi connectivity index (χ3n) is 6.33. The molecule has 0 saturated carbocycles. The molecule has 0 aliphatic heterocycles. The molecule has 0 saturated heterocycles. The standard InChI is InChI=1S/C27H55NO2/c1-5-7-9-11-13-15-17-19-21-23-26(30-27(29)25(3)28-4)24-22-20-18-16-14-12-10-8-6-2/h25-26,28H,5-24H2,1-4H3/t25-/m0/s1. The zero-order valence-corrected chi connectivity index (χ0v) is 21.1. The highest BCUT2D eigenvalue weighted by molar-refractivity contribution is 5.75. The molecule has 1 atom stereocenters. The summed E-state index contributed by atoms with van der Waals surface area (Å²) in [4.78, 5) is 12.2. The van der Waals surface area contributed by atoms with Crippen molar-refractivity contribution in [3.63, 3.8) is 0 Å². The highest BCUT2D eigenvalue weighted by Gasteiger charge is 2.18. The molecule has 0 aromatic rings. The van der Waals surface area contributed by atoms with Crippen molar-refractivity contribution in [2.75, 3.05) is 7.05 Å². The summed E-state index contributed by atoms with van der Waals surface area (Å²) in [5.74, 6) is -0.0886. The third-order valence-corrected chi connectivity index (χ3v) is 6.33. The molecule has 3 nitrogen and oxygen atoms in total. The van der Waals surface area contributed by atoms with Crippen LogP contribution >= 0.6 is 0 Å². The fourth-order valence-electron chi connectivity index (χ4n) is 4.01. The quantitative estimate of drug-likeness (QED) is 0.132. The van der Waals surface area contributed by atoms with E-state index in [4.69, 9.17) is 4.74 Å². The number of nitrogens with one attached hydrogen (secondary N) is 1. The van der Waals surface area contributed by atoms with Crippen LogP contribution in [0.1, 0.15) is 149 Å². The van der Waals surface area contributed by atoms with Crippen LogP contribution in [0.4, 0.5) is 0 Å². The Morgan fingerprint density at radius 1 is 0.633 bits per heavy atom. The Bertz CT molecular complexity index is 337. The van der Waals surface area contributed by atoms with E-state index in [0.29, 0.717) is 0 Å². The van der Waals surface area contributed by atoms with Crippen LogP contribution < -0.4 is 5.32 Å². The molecule has 0 aliphatic carbocycles. The number of carbonyl (C=O) groups excluding carboxylic acids is 1. The van der Waals surface area contributed by atoms with Gasteiger partial charge in [0.15, 0.2) is 0 Å². The number of likely N-dealkylation sites (N-methyl/N-ethyl adjacent to an activating group) is 1. The lowest BCUT2D eigenvalue weighted by atomic mass is 10.0. The Morgan fingerprint density at radius 2 is 0.967 bits per heavy atom. The first kappa shape index (κ1) is 29.4. The van der Waals surface area contributed by atoms with E-state index < -0.39 is 0 Å². The fraction of sp³-hybridized carbons (Fsp3) is 0.963. The number of hydrogen-bond donors (Lipinski definition) is 1. The van der Waals surface area contributed by atoms with Crippen LogP contribution in [0.2, 0.25) is 0 Å². The summed E-state index contributed by atoms with van der Waals surface area (Å²) in [6.07, 6.45) is 26.3. The summed E-state index contributed by atoms with van der Waals surface area (Å²) in [6.45, 7) is 6.43. The molecular weight excluding hydrogens is 370 g/mol. The number of unbranched alkanes of at least 4 members (excludes halogenated alkanes) is 16. The van der Waals surface area contributed by atoms with Gasteiger partial charge in [0.2, 0.25) is 0 Å².